The number of alkyl halides is 6. The fourth-order valence-corrected chi connectivity index (χ4v) is 6.80. The van der Waals surface area contributed by atoms with Gasteiger partial charge in [0.15, 0.2) is 20.3 Å². The van der Waals surface area contributed by atoms with Gasteiger partial charge >= 0.3 is 18.3 Å². The molecule has 1 aliphatic carbocycles. The Labute approximate surface area is 212 Å². The van der Waals surface area contributed by atoms with Crippen LogP contribution in [0.25, 0.3) is 0 Å². The van der Waals surface area contributed by atoms with Crippen LogP contribution < -0.4 is 0 Å². The third-order valence-electron chi connectivity index (χ3n) is 6.44. The number of benzene rings is 3. The van der Waals surface area contributed by atoms with Gasteiger partial charge in [0.1, 0.15) is 0 Å². The van der Waals surface area contributed by atoms with E-state index in [9.17, 15) is 36.2 Å². The lowest BCUT2D eigenvalue weighted by atomic mass is 9.79. The third-order valence-corrected chi connectivity index (χ3v) is 8.65. The quantitative estimate of drug-likeness (QED) is 0.206. The van der Waals surface area contributed by atoms with Gasteiger partial charge in [0.05, 0.1) is 16.5 Å². The van der Waals surface area contributed by atoms with E-state index in [2.05, 4.69) is 0 Å². The highest BCUT2D eigenvalue weighted by atomic mass is 32.2. The minimum absolute atomic E-state index is 0.0622. The van der Waals surface area contributed by atoms with Gasteiger partial charge in [-0.1, -0.05) is 42.5 Å². The predicted octanol–water partition coefficient (Wildman–Crippen LogP) is 7.11. The smallest absolute Gasteiger partial charge is 0.430 e. The van der Waals surface area contributed by atoms with Crippen LogP contribution in [0.1, 0.15) is 36.0 Å². The normalized spacial score (nSPS) is 16.1. The summed E-state index contributed by atoms with van der Waals surface area (Å²) >= 11 is 0. The van der Waals surface area contributed by atoms with Crippen LogP contribution in [0, 0.1) is 0 Å². The Morgan fingerprint density at radius 3 is 1.65 bits per heavy atom. The monoisotopic (exact) mass is 541 g/mol. The highest BCUT2D eigenvalue weighted by molar-refractivity contribution is 7.97. The van der Waals surface area contributed by atoms with Crippen molar-refractivity contribution in [1.82, 2.24) is 0 Å². The number of carbonyl (C=O) groups is 1. The van der Waals surface area contributed by atoms with Crippen LogP contribution >= 0.6 is 0 Å². The second-order valence-electron chi connectivity index (χ2n) is 8.76. The van der Waals surface area contributed by atoms with Crippen LogP contribution in [0.5, 0.6) is 0 Å². The van der Waals surface area contributed by atoms with Crippen molar-refractivity contribution < 1.29 is 41.0 Å². The molecule has 3 aromatic rings. The maximum atomic E-state index is 13.7. The molecule has 1 N–H and O–H groups in total. The summed E-state index contributed by atoms with van der Waals surface area (Å²) in [5.74, 6) is -1.36. The summed E-state index contributed by atoms with van der Waals surface area (Å²) in [6.45, 7) is 0. The maximum absolute atomic E-state index is 13.7. The Morgan fingerprint density at radius 1 is 0.730 bits per heavy atom. The third kappa shape index (κ3) is 4.96. The van der Waals surface area contributed by atoms with Gasteiger partial charge in [0.2, 0.25) is 0 Å². The van der Waals surface area contributed by atoms with Crippen LogP contribution in [0.15, 0.2) is 99.6 Å². The molecule has 37 heavy (non-hydrogen) atoms. The molecule has 0 heterocycles. The Morgan fingerprint density at radius 2 is 1.19 bits per heavy atom. The molecule has 0 radical (unpaired) electrons. The van der Waals surface area contributed by atoms with E-state index < -0.39 is 53.3 Å². The molecule has 0 aliphatic heterocycles. The van der Waals surface area contributed by atoms with Crippen molar-refractivity contribution in [2.45, 2.75) is 63.9 Å². The number of ether oxygens (including phenoxy) is 1. The Kier molecular flexibility index (Phi) is 7.36. The highest BCUT2D eigenvalue weighted by Crippen LogP contribution is 2.56. The van der Waals surface area contributed by atoms with Crippen molar-refractivity contribution in [2.75, 3.05) is 0 Å². The van der Waals surface area contributed by atoms with Gasteiger partial charge in [0, 0.05) is 6.07 Å². The lowest BCUT2D eigenvalue weighted by Gasteiger charge is -2.45. The molecule has 0 unspecified atom stereocenters. The van der Waals surface area contributed by atoms with Gasteiger partial charge in [-0.2, -0.15) is 26.3 Å². The summed E-state index contributed by atoms with van der Waals surface area (Å²) < 4.78 is 87.4. The second kappa shape index (κ2) is 10.1. The number of carbonyl (C=O) groups excluding carboxylic acids is 1. The molecule has 1 aliphatic rings. The first-order valence-corrected chi connectivity index (χ1v) is 12.7. The van der Waals surface area contributed by atoms with Crippen molar-refractivity contribution in [1.29, 1.82) is 0 Å². The fraction of sp³-hybridized carbons (Fsp3) is 0.296. The summed E-state index contributed by atoms with van der Waals surface area (Å²) in [6, 6.07) is 24.5. The van der Waals surface area contributed by atoms with E-state index in [1.807, 2.05) is 60.7 Å². The molecule has 4 rings (SSSR count). The van der Waals surface area contributed by atoms with Crippen molar-refractivity contribution in [3.05, 3.63) is 90.5 Å². The van der Waals surface area contributed by atoms with Crippen molar-refractivity contribution in [3.63, 3.8) is 0 Å². The molecule has 0 aromatic heterocycles. The van der Waals surface area contributed by atoms with Gasteiger partial charge in [-0.25, -0.2) is 4.79 Å². The van der Waals surface area contributed by atoms with E-state index in [1.54, 1.807) is 6.07 Å². The van der Waals surface area contributed by atoms with E-state index >= 15 is 0 Å². The van der Waals surface area contributed by atoms with Crippen molar-refractivity contribution >= 4 is 16.9 Å². The largest absolute Gasteiger partial charge is 0.452 e. The average Bonchev–Trinajstić information content (AvgIpc) is 3.33. The molecule has 3 nitrogen and oxygen atoms in total. The van der Waals surface area contributed by atoms with Crippen LogP contribution in [-0.2, 0) is 15.6 Å². The molecule has 1 saturated carbocycles. The zero-order valence-corrected chi connectivity index (χ0v) is 20.2. The maximum Gasteiger partial charge on any atom is 0.430 e. The van der Waals surface area contributed by atoms with Crippen LogP contribution in [0.2, 0.25) is 0 Å². The molecule has 3 aromatic carbocycles. The molecule has 196 valence electrons. The van der Waals surface area contributed by atoms with Crippen molar-refractivity contribution in [2.24, 2.45) is 0 Å². The van der Waals surface area contributed by atoms with Gasteiger partial charge in [-0.05, 0) is 62.1 Å². The van der Waals surface area contributed by atoms with Crippen molar-refractivity contribution in [3.8, 4) is 0 Å². The molecule has 1 fully saturated rings. The molecule has 0 amide bonds. The van der Waals surface area contributed by atoms with E-state index in [0.717, 1.165) is 9.79 Å². The van der Waals surface area contributed by atoms with Gasteiger partial charge in [0.25, 0.3) is 5.60 Å². The first-order chi connectivity index (χ1) is 17.4. The van der Waals surface area contributed by atoms with Crippen LogP contribution in [0.4, 0.5) is 26.3 Å². The summed E-state index contributed by atoms with van der Waals surface area (Å²) in [7, 11) is -0.718. The number of rotatable bonds is 6. The molecular weight excluding hydrogens is 518 g/mol. The van der Waals surface area contributed by atoms with E-state index in [-0.39, 0.29) is 18.4 Å². The highest BCUT2D eigenvalue weighted by Gasteiger charge is 2.81. The fourth-order valence-electron chi connectivity index (χ4n) is 4.67. The van der Waals surface area contributed by atoms with Gasteiger partial charge in [-0.15, -0.1) is 0 Å². The first kappa shape index (κ1) is 27.1. The lowest BCUT2D eigenvalue weighted by Crippen LogP contribution is -2.71. The Bertz CT molecular complexity index is 1170. The zero-order chi connectivity index (χ0) is 26.9. The van der Waals surface area contributed by atoms with E-state index in [1.165, 1.54) is 18.2 Å². The van der Waals surface area contributed by atoms with E-state index in [0.29, 0.717) is 4.90 Å². The number of hydrogen-bond donors (Lipinski definition) is 1. The minimum Gasteiger partial charge on any atom is -0.452 e. The first-order valence-electron chi connectivity index (χ1n) is 11.4. The lowest BCUT2D eigenvalue weighted by molar-refractivity contribution is -0.410. The summed E-state index contributed by atoms with van der Waals surface area (Å²) in [6.07, 6.45) is -13.9. The molecular formula is C27H23F6O3S+. The van der Waals surface area contributed by atoms with Crippen LogP contribution in [0.3, 0.4) is 0 Å². The van der Waals surface area contributed by atoms with Gasteiger partial charge < -0.3 is 9.84 Å². The molecule has 0 saturated heterocycles. The van der Waals surface area contributed by atoms with Gasteiger partial charge in [-0.3, -0.25) is 0 Å². The summed E-state index contributed by atoms with van der Waals surface area (Å²) in [5.41, 5.74) is -8.59. The predicted molar refractivity (Wildman–Crippen MR) is 125 cm³/mol. The van der Waals surface area contributed by atoms with E-state index in [4.69, 9.17) is 4.74 Å². The second-order valence-corrected chi connectivity index (χ2v) is 10.8. The summed E-state index contributed by atoms with van der Waals surface area (Å²) in [4.78, 5) is 15.5. The molecule has 10 heteroatoms. The molecule has 0 spiro atoms. The number of halogens is 6. The SMILES string of the molecule is O=C(OC1(C(O)(C(F)(F)F)C(F)(F)F)CCCC1)c1cccc([S+](c2ccccc2)c2ccccc2)c1. The van der Waals surface area contributed by atoms with Crippen LogP contribution in [-0.4, -0.2) is 34.6 Å². The zero-order valence-electron chi connectivity index (χ0n) is 19.4. The topological polar surface area (TPSA) is 46.5 Å². The standard InChI is InChI=1S/C27H23F6O3S/c28-26(29,30)25(35,27(31,32)33)24(16-7-8-17-24)36-23(34)19-10-9-15-22(18-19)37(20-11-3-1-4-12-20)21-13-5-2-6-14-21/h1-6,9-15,18,35H,7-8,16-17H2/q+1. The Balaban J connectivity index is 1.74. The molecule has 0 atom stereocenters. The number of esters is 1. The minimum atomic E-state index is -6.11. The number of aliphatic hydroxyl groups is 1. The molecule has 0 bridgehead atoms. The number of hydrogen-bond acceptors (Lipinski definition) is 3. The average molecular weight is 542 g/mol. The Hall–Kier alpha value is -2.98. The summed E-state index contributed by atoms with van der Waals surface area (Å²) in [5, 5.41) is 10.1.